The first-order valence-corrected chi connectivity index (χ1v) is 7.50. The average Bonchev–Trinajstić information content (AvgIpc) is 2.35. The second-order valence-corrected chi connectivity index (χ2v) is 6.29. The van der Waals surface area contributed by atoms with Crippen LogP contribution in [0.2, 0.25) is 10.2 Å². The third kappa shape index (κ3) is 3.68. The number of hydrogen-bond donors (Lipinski definition) is 0. The van der Waals surface area contributed by atoms with E-state index >= 15 is 0 Å². The van der Waals surface area contributed by atoms with E-state index in [0.29, 0.717) is 21.9 Å². The summed E-state index contributed by atoms with van der Waals surface area (Å²) in [7, 11) is 0. The molecule has 5 heteroatoms. The zero-order valence-corrected chi connectivity index (χ0v) is 13.7. The second-order valence-electron chi connectivity index (χ2n) is 4.70. The predicted molar refractivity (Wildman–Crippen MR) is 83.7 cm³/mol. The minimum atomic E-state index is 0.440. The molecule has 0 saturated heterocycles. The molecular weight excluding hydrogens is 347 g/mol. The van der Waals surface area contributed by atoms with Crippen LogP contribution in [0.3, 0.4) is 0 Å². The fourth-order valence-electron chi connectivity index (χ4n) is 1.71. The summed E-state index contributed by atoms with van der Waals surface area (Å²) < 4.78 is 0.778. The zero-order chi connectivity index (χ0) is 14.0. The molecule has 0 amide bonds. The summed E-state index contributed by atoms with van der Waals surface area (Å²) in [5, 5.41) is 1.13. The van der Waals surface area contributed by atoms with E-state index in [1.165, 1.54) is 0 Å². The SMILES string of the molecule is CC(C)Cc1nc(-c2ccc(Cl)cc2)nc(Cl)c1Br. The van der Waals surface area contributed by atoms with Crippen LogP contribution in [0.5, 0.6) is 0 Å². The topological polar surface area (TPSA) is 25.8 Å². The first kappa shape index (κ1) is 14.8. The van der Waals surface area contributed by atoms with Crippen molar-refractivity contribution in [2.45, 2.75) is 20.3 Å². The van der Waals surface area contributed by atoms with Crippen molar-refractivity contribution in [3.8, 4) is 11.4 Å². The van der Waals surface area contributed by atoms with Crippen LogP contribution in [-0.4, -0.2) is 9.97 Å². The van der Waals surface area contributed by atoms with Gasteiger partial charge in [0.25, 0.3) is 0 Å². The van der Waals surface area contributed by atoms with Gasteiger partial charge in [-0.25, -0.2) is 9.97 Å². The highest BCUT2D eigenvalue weighted by atomic mass is 79.9. The molecule has 1 aromatic heterocycles. The molecule has 0 radical (unpaired) electrons. The molecule has 0 aliphatic heterocycles. The lowest BCUT2D eigenvalue weighted by Crippen LogP contribution is -2.02. The van der Waals surface area contributed by atoms with Gasteiger partial charge in [-0.15, -0.1) is 0 Å². The van der Waals surface area contributed by atoms with E-state index in [1.54, 1.807) is 0 Å². The summed E-state index contributed by atoms with van der Waals surface area (Å²) in [6, 6.07) is 7.42. The van der Waals surface area contributed by atoms with Crippen molar-refractivity contribution in [3.05, 3.63) is 44.6 Å². The van der Waals surface area contributed by atoms with Crippen molar-refractivity contribution in [2.75, 3.05) is 0 Å². The van der Waals surface area contributed by atoms with E-state index < -0.39 is 0 Å². The van der Waals surface area contributed by atoms with Gasteiger partial charge in [0.15, 0.2) is 5.82 Å². The Morgan fingerprint density at radius 2 is 1.74 bits per heavy atom. The van der Waals surface area contributed by atoms with Crippen LogP contribution in [0.4, 0.5) is 0 Å². The van der Waals surface area contributed by atoms with E-state index in [1.807, 2.05) is 24.3 Å². The van der Waals surface area contributed by atoms with Crippen LogP contribution >= 0.6 is 39.1 Å². The maximum absolute atomic E-state index is 6.16. The summed E-state index contributed by atoms with van der Waals surface area (Å²) in [6.07, 6.45) is 0.851. The normalized spacial score (nSPS) is 11.1. The Morgan fingerprint density at radius 3 is 2.32 bits per heavy atom. The molecule has 0 saturated carbocycles. The Morgan fingerprint density at radius 1 is 1.11 bits per heavy atom. The molecule has 0 bridgehead atoms. The monoisotopic (exact) mass is 358 g/mol. The maximum atomic E-state index is 6.16. The fourth-order valence-corrected chi connectivity index (χ4v) is 2.37. The van der Waals surface area contributed by atoms with E-state index in [9.17, 15) is 0 Å². The van der Waals surface area contributed by atoms with Crippen molar-refractivity contribution in [1.82, 2.24) is 9.97 Å². The molecule has 0 aliphatic rings. The van der Waals surface area contributed by atoms with Gasteiger partial charge < -0.3 is 0 Å². The molecule has 100 valence electrons. The molecule has 1 aromatic carbocycles. The van der Waals surface area contributed by atoms with Crippen molar-refractivity contribution in [1.29, 1.82) is 0 Å². The van der Waals surface area contributed by atoms with Gasteiger partial charge in [0.2, 0.25) is 0 Å². The van der Waals surface area contributed by atoms with Crippen LogP contribution in [0.1, 0.15) is 19.5 Å². The standard InChI is InChI=1S/C14H13BrCl2N2/c1-8(2)7-11-12(15)13(17)19-14(18-11)9-3-5-10(16)6-4-9/h3-6,8H,7H2,1-2H3. The highest BCUT2D eigenvalue weighted by Crippen LogP contribution is 2.28. The third-order valence-electron chi connectivity index (χ3n) is 2.58. The lowest BCUT2D eigenvalue weighted by Gasteiger charge is -2.10. The number of aromatic nitrogens is 2. The molecular formula is C14H13BrCl2N2. The fraction of sp³-hybridized carbons (Fsp3) is 0.286. The highest BCUT2D eigenvalue weighted by molar-refractivity contribution is 9.10. The molecule has 0 fully saturated rings. The van der Waals surface area contributed by atoms with E-state index in [0.717, 1.165) is 22.2 Å². The summed E-state index contributed by atoms with van der Waals surface area (Å²) in [6.45, 7) is 4.29. The summed E-state index contributed by atoms with van der Waals surface area (Å²) >= 11 is 15.5. The zero-order valence-electron chi connectivity index (χ0n) is 10.6. The summed E-state index contributed by atoms with van der Waals surface area (Å²) in [5.74, 6) is 1.13. The predicted octanol–water partition coefficient (Wildman–Crippen LogP) is 5.41. The molecule has 2 aromatic rings. The summed E-state index contributed by atoms with van der Waals surface area (Å²) in [4.78, 5) is 8.89. The largest absolute Gasteiger partial charge is 0.232 e. The Bertz CT molecular complexity index is 583. The van der Waals surface area contributed by atoms with Gasteiger partial charge in [0, 0.05) is 10.6 Å². The van der Waals surface area contributed by atoms with Gasteiger partial charge in [-0.05, 0) is 52.5 Å². The minimum Gasteiger partial charge on any atom is -0.232 e. The lowest BCUT2D eigenvalue weighted by atomic mass is 10.1. The molecule has 0 N–H and O–H groups in total. The van der Waals surface area contributed by atoms with Crippen molar-refractivity contribution >= 4 is 39.1 Å². The van der Waals surface area contributed by atoms with Crippen molar-refractivity contribution in [2.24, 2.45) is 5.92 Å². The highest BCUT2D eigenvalue weighted by Gasteiger charge is 2.13. The van der Waals surface area contributed by atoms with Crippen LogP contribution in [-0.2, 0) is 6.42 Å². The van der Waals surface area contributed by atoms with Gasteiger partial charge >= 0.3 is 0 Å². The number of benzene rings is 1. The molecule has 0 spiro atoms. The van der Waals surface area contributed by atoms with Crippen LogP contribution in [0.15, 0.2) is 28.7 Å². The molecule has 0 unspecified atom stereocenters. The Hall–Kier alpha value is -0.640. The van der Waals surface area contributed by atoms with Crippen molar-refractivity contribution < 1.29 is 0 Å². The first-order valence-electron chi connectivity index (χ1n) is 5.95. The molecule has 2 nitrogen and oxygen atoms in total. The van der Waals surface area contributed by atoms with Crippen LogP contribution in [0, 0.1) is 5.92 Å². The van der Waals surface area contributed by atoms with E-state index in [4.69, 9.17) is 23.2 Å². The molecule has 19 heavy (non-hydrogen) atoms. The van der Waals surface area contributed by atoms with Gasteiger partial charge in [-0.1, -0.05) is 37.0 Å². The van der Waals surface area contributed by atoms with E-state index in [2.05, 4.69) is 39.7 Å². The minimum absolute atomic E-state index is 0.440. The van der Waals surface area contributed by atoms with Crippen molar-refractivity contribution in [3.63, 3.8) is 0 Å². The number of nitrogens with zero attached hydrogens (tertiary/aromatic N) is 2. The number of hydrogen-bond acceptors (Lipinski definition) is 2. The van der Waals surface area contributed by atoms with Gasteiger partial charge in [-0.3, -0.25) is 0 Å². The Balaban J connectivity index is 2.46. The first-order chi connectivity index (χ1) is 8.97. The third-order valence-corrected chi connectivity index (χ3v) is 4.17. The number of rotatable bonds is 3. The summed E-state index contributed by atoms with van der Waals surface area (Å²) in [5.41, 5.74) is 1.84. The molecule has 2 rings (SSSR count). The van der Waals surface area contributed by atoms with Gasteiger partial charge in [0.1, 0.15) is 5.15 Å². The average molecular weight is 360 g/mol. The molecule has 0 atom stereocenters. The number of halogens is 3. The van der Waals surface area contributed by atoms with E-state index in [-0.39, 0.29) is 0 Å². The van der Waals surface area contributed by atoms with Gasteiger partial charge in [-0.2, -0.15) is 0 Å². The Kier molecular flexibility index (Phi) is 4.82. The van der Waals surface area contributed by atoms with Crippen LogP contribution < -0.4 is 0 Å². The molecule has 0 aliphatic carbocycles. The smallest absolute Gasteiger partial charge is 0.161 e. The maximum Gasteiger partial charge on any atom is 0.161 e. The second kappa shape index (κ2) is 6.21. The lowest BCUT2D eigenvalue weighted by molar-refractivity contribution is 0.632. The van der Waals surface area contributed by atoms with Crippen LogP contribution in [0.25, 0.3) is 11.4 Å². The molecule has 1 heterocycles. The Labute approximate surface area is 131 Å². The quantitative estimate of drug-likeness (QED) is 0.684. The van der Waals surface area contributed by atoms with Gasteiger partial charge in [0.05, 0.1) is 10.2 Å².